The van der Waals surface area contributed by atoms with Crippen LogP contribution in [0.3, 0.4) is 0 Å². The molecule has 0 spiro atoms. The van der Waals surface area contributed by atoms with Crippen molar-refractivity contribution in [2.24, 2.45) is 23.7 Å². The molecule has 4 saturated carbocycles. The number of H-pyrrole nitrogens is 1. The number of carbonyl (C=O) groups is 1. The van der Waals surface area contributed by atoms with Gasteiger partial charge >= 0.3 is 5.97 Å². The Labute approximate surface area is 105 Å². The van der Waals surface area contributed by atoms with Gasteiger partial charge in [0.2, 0.25) is 0 Å². The van der Waals surface area contributed by atoms with Gasteiger partial charge < -0.3 is 5.11 Å². The molecule has 4 aliphatic carbocycles. The standard InChI is InChI=1S/C13H17N3O2/c17-13(18)12-11(14-16-15-12)10-8-2-6-1-7(4-8)5-9(10)3-6/h6-10H,1-5H2,(H,17,18)(H,14,15,16). The maximum Gasteiger partial charge on any atom is 0.358 e. The molecule has 4 bridgehead atoms. The van der Waals surface area contributed by atoms with E-state index in [0.29, 0.717) is 17.8 Å². The number of aromatic nitrogens is 3. The quantitative estimate of drug-likeness (QED) is 0.838. The summed E-state index contributed by atoms with van der Waals surface area (Å²) >= 11 is 0. The summed E-state index contributed by atoms with van der Waals surface area (Å²) in [6, 6.07) is 0. The van der Waals surface area contributed by atoms with Crippen LogP contribution in [-0.4, -0.2) is 26.5 Å². The first-order chi connectivity index (χ1) is 8.72. The lowest BCUT2D eigenvalue weighted by molar-refractivity contribution is -0.00456. The van der Waals surface area contributed by atoms with Crippen LogP contribution in [0.15, 0.2) is 0 Å². The third-order valence-corrected chi connectivity index (χ3v) is 5.32. The van der Waals surface area contributed by atoms with Gasteiger partial charge in [-0.05, 0) is 55.8 Å². The maximum atomic E-state index is 11.2. The van der Waals surface area contributed by atoms with Crippen molar-refractivity contribution in [2.45, 2.75) is 38.0 Å². The van der Waals surface area contributed by atoms with Crippen molar-refractivity contribution in [3.63, 3.8) is 0 Å². The average molecular weight is 247 g/mol. The van der Waals surface area contributed by atoms with E-state index in [1.807, 2.05) is 0 Å². The second-order valence-corrected chi connectivity index (χ2v) is 6.32. The number of rotatable bonds is 2. The fourth-order valence-corrected chi connectivity index (χ4v) is 5.00. The van der Waals surface area contributed by atoms with Gasteiger partial charge in [0.25, 0.3) is 0 Å². The molecular weight excluding hydrogens is 230 g/mol. The van der Waals surface area contributed by atoms with Gasteiger partial charge in [-0.1, -0.05) is 0 Å². The first kappa shape index (κ1) is 10.5. The average Bonchev–Trinajstić information content (AvgIpc) is 2.76. The molecule has 5 heteroatoms. The van der Waals surface area contributed by atoms with Crippen LogP contribution >= 0.6 is 0 Å². The zero-order chi connectivity index (χ0) is 12.3. The lowest BCUT2D eigenvalue weighted by Crippen LogP contribution is -2.44. The van der Waals surface area contributed by atoms with Gasteiger partial charge in [0.1, 0.15) is 5.69 Å². The Morgan fingerprint density at radius 1 is 1.06 bits per heavy atom. The first-order valence-electron chi connectivity index (χ1n) is 6.86. The van der Waals surface area contributed by atoms with E-state index in [4.69, 9.17) is 0 Å². The van der Waals surface area contributed by atoms with Gasteiger partial charge in [-0.3, -0.25) is 0 Å². The second kappa shape index (κ2) is 3.56. The van der Waals surface area contributed by atoms with Gasteiger partial charge in [0, 0.05) is 5.92 Å². The number of hydrogen-bond acceptors (Lipinski definition) is 3. The van der Waals surface area contributed by atoms with Gasteiger partial charge in [-0.15, -0.1) is 5.10 Å². The lowest BCUT2D eigenvalue weighted by atomic mass is 9.51. The molecule has 5 nitrogen and oxygen atoms in total. The molecule has 5 rings (SSSR count). The van der Waals surface area contributed by atoms with E-state index in [-0.39, 0.29) is 5.69 Å². The summed E-state index contributed by atoms with van der Waals surface area (Å²) in [4.78, 5) is 11.2. The number of hydrogen-bond donors (Lipinski definition) is 2. The summed E-state index contributed by atoms with van der Waals surface area (Å²) in [5.74, 6) is 2.46. The number of aromatic carboxylic acids is 1. The number of nitrogens with one attached hydrogen (secondary N) is 1. The van der Waals surface area contributed by atoms with Crippen molar-refractivity contribution in [1.82, 2.24) is 15.4 Å². The molecule has 0 aromatic carbocycles. The highest BCUT2D eigenvalue weighted by Gasteiger charge is 2.50. The Kier molecular flexibility index (Phi) is 2.08. The summed E-state index contributed by atoms with van der Waals surface area (Å²) < 4.78 is 0. The fraction of sp³-hybridized carbons (Fsp3) is 0.769. The SMILES string of the molecule is O=C(O)c1n[nH]nc1C1C2CC3CC(C2)CC1C3. The molecule has 1 heterocycles. The monoisotopic (exact) mass is 247 g/mol. The minimum atomic E-state index is -0.951. The van der Waals surface area contributed by atoms with Crippen LogP contribution in [0.4, 0.5) is 0 Å². The van der Waals surface area contributed by atoms with E-state index in [1.54, 1.807) is 0 Å². The molecule has 4 aliphatic rings. The van der Waals surface area contributed by atoms with E-state index >= 15 is 0 Å². The lowest BCUT2D eigenvalue weighted by Gasteiger charge is -2.54. The summed E-state index contributed by atoms with van der Waals surface area (Å²) in [6.07, 6.45) is 6.48. The molecular formula is C13H17N3O2. The van der Waals surface area contributed by atoms with Crippen LogP contribution in [0.2, 0.25) is 0 Å². The van der Waals surface area contributed by atoms with Crippen molar-refractivity contribution in [1.29, 1.82) is 0 Å². The molecule has 0 amide bonds. The van der Waals surface area contributed by atoms with Gasteiger partial charge in [0.15, 0.2) is 5.69 Å². The highest BCUT2D eigenvalue weighted by molar-refractivity contribution is 5.86. The van der Waals surface area contributed by atoms with Crippen molar-refractivity contribution in [2.75, 3.05) is 0 Å². The van der Waals surface area contributed by atoms with Crippen LogP contribution in [0.25, 0.3) is 0 Å². The number of carboxylic acid groups (broad SMARTS) is 1. The van der Waals surface area contributed by atoms with Gasteiger partial charge in [-0.25, -0.2) is 4.79 Å². The molecule has 0 unspecified atom stereocenters. The molecule has 96 valence electrons. The third-order valence-electron chi connectivity index (χ3n) is 5.32. The zero-order valence-corrected chi connectivity index (χ0v) is 10.2. The first-order valence-corrected chi connectivity index (χ1v) is 6.86. The van der Waals surface area contributed by atoms with Crippen molar-refractivity contribution in [3.8, 4) is 0 Å². The second-order valence-electron chi connectivity index (χ2n) is 6.32. The predicted octanol–water partition coefficient (Wildman–Crippen LogP) is 2.04. The summed E-state index contributed by atoms with van der Waals surface area (Å²) in [7, 11) is 0. The Hall–Kier alpha value is -1.39. The normalized spacial score (nSPS) is 41.2. The Balaban J connectivity index is 1.72. The van der Waals surface area contributed by atoms with Gasteiger partial charge in [0.05, 0.1) is 0 Å². The molecule has 1 aromatic heterocycles. The van der Waals surface area contributed by atoms with Crippen LogP contribution < -0.4 is 0 Å². The van der Waals surface area contributed by atoms with Crippen LogP contribution in [-0.2, 0) is 0 Å². The predicted molar refractivity (Wildman–Crippen MR) is 63.1 cm³/mol. The highest BCUT2D eigenvalue weighted by atomic mass is 16.4. The minimum Gasteiger partial charge on any atom is -0.476 e. The smallest absolute Gasteiger partial charge is 0.358 e. The molecule has 1 aromatic rings. The van der Waals surface area contributed by atoms with E-state index < -0.39 is 5.97 Å². The van der Waals surface area contributed by atoms with Crippen LogP contribution in [0, 0.1) is 23.7 Å². The molecule has 18 heavy (non-hydrogen) atoms. The van der Waals surface area contributed by atoms with Gasteiger partial charge in [-0.2, -0.15) is 10.3 Å². The fourth-order valence-electron chi connectivity index (χ4n) is 5.00. The Morgan fingerprint density at radius 3 is 2.22 bits per heavy atom. The summed E-state index contributed by atoms with van der Waals surface area (Å²) in [6.45, 7) is 0. The highest BCUT2D eigenvalue weighted by Crippen LogP contribution is 2.59. The summed E-state index contributed by atoms with van der Waals surface area (Å²) in [5, 5.41) is 19.7. The molecule has 4 fully saturated rings. The van der Waals surface area contributed by atoms with Crippen molar-refractivity contribution in [3.05, 3.63) is 11.4 Å². The van der Waals surface area contributed by atoms with E-state index in [1.165, 1.54) is 32.1 Å². The number of carboxylic acids is 1. The van der Waals surface area contributed by atoms with E-state index in [2.05, 4.69) is 15.4 Å². The summed E-state index contributed by atoms with van der Waals surface area (Å²) in [5.41, 5.74) is 0.865. The largest absolute Gasteiger partial charge is 0.476 e. The topological polar surface area (TPSA) is 78.9 Å². The number of aromatic amines is 1. The van der Waals surface area contributed by atoms with Crippen LogP contribution in [0.1, 0.15) is 54.2 Å². The van der Waals surface area contributed by atoms with Crippen molar-refractivity contribution >= 4 is 5.97 Å². The van der Waals surface area contributed by atoms with E-state index in [0.717, 1.165) is 17.5 Å². The maximum absolute atomic E-state index is 11.2. The molecule has 0 aliphatic heterocycles. The Bertz CT molecular complexity index is 468. The van der Waals surface area contributed by atoms with Crippen LogP contribution in [0.5, 0.6) is 0 Å². The molecule has 0 radical (unpaired) electrons. The molecule has 0 saturated heterocycles. The minimum absolute atomic E-state index is 0.146. The third kappa shape index (κ3) is 1.36. The number of nitrogens with zero attached hydrogens (tertiary/aromatic N) is 2. The molecule has 2 N–H and O–H groups in total. The van der Waals surface area contributed by atoms with Crippen molar-refractivity contribution < 1.29 is 9.90 Å². The zero-order valence-electron chi connectivity index (χ0n) is 10.2. The molecule has 0 atom stereocenters. The van der Waals surface area contributed by atoms with E-state index in [9.17, 15) is 9.90 Å². The Morgan fingerprint density at radius 2 is 1.67 bits per heavy atom.